The van der Waals surface area contributed by atoms with Gasteiger partial charge in [0.2, 0.25) is 0 Å². The van der Waals surface area contributed by atoms with Crippen LogP contribution in [0.25, 0.3) is 0 Å². The minimum absolute atomic E-state index is 0.250. The van der Waals surface area contributed by atoms with Gasteiger partial charge >= 0.3 is 6.09 Å². The van der Waals surface area contributed by atoms with Gasteiger partial charge in [-0.1, -0.05) is 0 Å². The van der Waals surface area contributed by atoms with Gasteiger partial charge in [-0.15, -0.1) is 0 Å². The van der Waals surface area contributed by atoms with Crippen molar-refractivity contribution < 1.29 is 9.53 Å². The van der Waals surface area contributed by atoms with Crippen LogP contribution in [0.2, 0.25) is 0 Å². The standard InChI is InChI=1S/C11H22N2O2/c1-11(2,3)15-10(14)13(4)8-7-12-9-5-6-9/h9,12H,5-8H2,1-4H3. The average Bonchev–Trinajstić information content (AvgIpc) is 2.84. The molecule has 1 aliphatic carbocycles. The maximum atomic E-state index is 11.5. The molecule has 1 fully saturated rings. The van der Waals surface area contributed by atoms with Crippen molar-refractivity contribution in [3.05, 3.63) is 0 Å². The smallest absolute Gasteiger partial charge is 0.410 e. The summed E-state index contributed by atoms with van der Waals surface area (Å²) >= 11 is 0. The number of rotatable bonds is 4. The van der Waals surface area contributed by atoms with E-state index in [1.807, 2.05) is 20.8 Å². The van der Waals surface area contributed by atoms with Gasteiger partial charge in [-0.05, 0) is 33.6 Å². The number of hydrogen-bond donors (Lipinski definition) is 1. The molecule has 4 nitrogen and oxygen atoms in total. The Kier molecular flexibility index (Phi) is 3.97. The molecule has 0 radical (unpaired) electrons. The van der Waals surface area contributed by atoms with E-state index in [4.69, 9.17) is 4.74 Å². The van der Waals surface area contributed by atoms with Crippen molar-refractivity contribution in [1.82, 2.24) is 10.2 Å². The fourth-order valence-electron chi connectivity index (χ4n) is 1.15. The monoisotopic (exact) mass is 214 g/mol. The molecular weight excluding hydrogens is 192 g/mol. The van der Waals surface area contributed by atoms with E-state index in [0.717, 1.165) is 6.54 Å². The highest BCUT2D eigenvalue weighted by atomic mass is 16.6. The first kappa shape index (κ1) is 12.3. The topological polar surface area (TPSA) is 41.6 Å². The summed E-state index contributed by atoms with van der Waals surface area (Å²) in [7, 11) is 1.77. The SMILES string of the molecule is CN(CCNC1CC1)C(=O)OC(C)(C)C. The minimum atomic E-state index is -0.407. The molecule has 0 aromatic heterocycles. The summed E-state index contributed by atoms with van der Waals surface area (Å²) in [6.45, 7) is 7.18. The van der Waals surface area contributed by atoms with E-state index in [0.29, 0.717) is 12.6 Å². The Hall–Kier alpha value is -0.770. The molecule has 1 amide bonds. The largest absolute Gasteiger partial charge is 0.444 e. The first-order valence-corrected chi connectivity index (χ1v) is 5.56. The predicted octanol–water partition coefficient (Wildman–Crippen LogP) is 1.61. The van der Waals surface area contributed by atoms with Gasteiger partial charge in [-0.25, -0.2) is 4.79 Å². The van der Waals surface area contributed by atoms with Crippen LogP contribution >= 0.6 is 0 Å². The van der Waals surface area contributed by atoms with Crippen molar-refractivity contribution in [3.8, 4) is 0 Å². The third kappa shape index (κ3) is 5.62. The molecule has 0 saturated heterocycles. The lowest BCUT2D eigenvalue weighted by atomic mass is 10.2. The van der Waals surface area contributed by atoms with Gasteiger partial charge in [0.1, 0.15) is 5.60 Å². The Morgan fingerprint density at radius 1 is 1.47 bits per heavy atom. The highest BCUT2D eigenvalue weighted by Crippen LogP contribution is 2.18. The molecule has 0 aromatic rings. The molecule has 1 aliphatic rings. The van der Waals surface area contributed by atoms with Gasteiger partial charge in [-0.3, -0.25) is 0 Å². The van der Waals surface area contributed by atoms with Crippen LogP contribution in [-0.2, 0) is 4.74 Å². The lowest BCUT2D eigenvalue weighted by Gasteiger charge is -2.24. The number of nitrogens with one attached hydrogen (secondary N) is 1. The Labute approximate surface area is 92.0 Å². The number of nitrogens with zero attached hydrogens (tertiary/aromatic N) is 1. The molecular formula is C11H22N2O2. The van der Waals surface area contributed by atoms with Gasteiger partial charge in [0, 0.05) is 26.2 Å². The van der Waals surface area contributed by atoms with E-state index in [-0.39, 0.29) is 6.09 Å². The van der Waals surface area contributed by atoms with Gasteiger partial charge < -0.3 is 15.0 Å². The third-order valence-electron chi connectivity index (χ3n) is 2.16. The summed E-state index contributed by atoms with van der Waals surface area (Å²) in [6.07, 6.45) is 2.30. The zero-order valence-corrected chi connectivity index (χ0v) is 10.2. The lowest BCUT2D eigenvalue weighted by Crippen LogP contribution is -2.38. The Morgan fingerprint density at radius 2 is 2.07 bits per heavy atom. The van der Waals surface area contributed by atoms with Gasteiger partial charge in [0.05, 0.1) is 0 Å². The van der Waals surface area contributed by atoms with Crippen LogP contribution in [0.1, 0.15) is 33.6 Å². The third-order valence-corrected chi connectivity index (χ3v) is 2.16. The quantitative estimate of drug-likeness (QED) is 0.773. The number of amides is 1. The second-order valence-electron chi connectivity index (χ2n) is 5.13. The molecule has 1 saturated carbocycles. The number of likely N-dealkylation sites (N-methyl/N-ethyl adjacent to an activating group) is 1. The molecule has 0 bridgehead atoms. The zero-order chi connectivity index (χ0) is 11.5. The lowest BCUT2D eigenvalue weighted by molar-refractivity contribution is 0.0300. The molecule has 0 unspecified atom stereocenters. The highest BCUT2D eigenvalue weighted by Gasteiger charge is 2.22. The van der Waals surface area contributed by atoms with Crippen LogP contribution in [0.3, 0.4) is 0 Å². The van der Waals surface area contributed by atoms with Crippen LogP contribution in [-0.4, -0.2) is 42.8 Å². The van der Waals surface area contributed by atoms with E-state index >= 15 is 0 Å². The second-order valence-corrected chi connectivity index (χ2v) is 5.13. The average molecular weight is 214 g/mol. The van der Waals surface area contributed by atoms with Crippen molar-refractivity contribution >= 4 is 6.09 Å². The molecule has 0 aliphatic heterocycles. The van der Waals surface area contributed by atoms with Gasteiger partial charge in [0.15, 0.2) is 0 Å². The normalized spacial score (nSPS) is 16.3. The van der Waals surface area contributed by atoms with Crippen molar-refractivity contribution in [2.75, 3.05) is 20.1 Å². The second kappa shape index (κ2) is 4.84. The molecule has 15 heavy (non-hydrogen) atoms. The Balaban J connectivity index is 2.13. The van der Waals surface area contributed by atoms with E-state index in [1.54, 1.807) is 11.9 Å². The van der Waals surface area contributed by atoms with Crippen molar-refractivity contribution in [2.45, 2.75) is 45.3 Å². The van der Waals surface area contributed by atoms with E-state index in [9.17, 15) is 4.79 Å². The number of hydrogen-bond acceptors (Lipinski definition) is 3. The van der Waals surface area contributed by atoms with Gasteiger partial charge in [0.25, 0.3) is 0 Å². The summed E-state index contributed by atoms with van der Waals surface area (Å²) in [6, 6.07) is 0.692. The fourth-order valence-corrected chi connectivity index (χ4v) is 1.15. The number of carbonyl (C=O) groups excluding carboxylic acids is 1. The Morgan fingerprint density at radius 3 is 2.53 bits per heavy atom. The number of ether oxygens (including phenoxy) is 1. The van der Waals surface area contributed by atoms with Crippen LogP contribution in [0.15, 0.2) is 0 Å². The molecule has 0 heterocycles. The van der Waals surface area contributed by atoms with E-state index in [2.05, 4.69) is 5.32 Å². The summed E-state index contributed by atoms with van der Waals surface area (Å²) in [4.78, 5) is 13.1. The van der Waals surface area contributed by atoms with Crippen molar-refractivity contribution in [1.29, 1.82) is 0 Å². The molecule has 0 spiro atoms. The molecule has 0 atom stereocenters. The van der Waals surface area contributed by atoms with Crippen LogP contribution in [0.4, 0.5) is 4.79 Å². The summed E-state index contributed by atoms with van der Waals surface area (Å²) in [5.74, 6) is 0. The highest BCUT2D eigenvalue weighted by molar-refractivity contribution is 5.67. The molecule has 4 heteroatoms. The van der Waals surface area contributed by atoms with E-state index in [1.165, 1.54) is 12.8 Å². The van der Waals surface area contributed by atoms with Crippen molar-refractivity contribution in [2.24, 2.45) is 0 Å². The van der Waals surface area contributed by atoms with Crippen LogP contribution < -0.4 is 5.32 Å². The Bertz CT molecular complexity index is 219. The summed E-state index contributed by atoms with van der Waals surface area (Å²) in [5.41, 5.74) is -0.407. The molecule has 1 N–H and O–H groups in total. The molecule has 88 valence electrons. The van der Waals surface area contributed by atoms with E-state index < -0.39 is 5.60 Å². The minimum Gasteiger partial charge on any atom is -0.444 e. The molecule has 0 aromatic carbocycles. The predicted molar refractivity (Wildman–Crippen MR) is 59.9 cm³/mol. The van der Waals surface area contributed by atoms with Crippen LogP contribution in [0, 0.1) is 0 Å². The summed E-state index contributed by atoms with van der Waals surface area (Å²) in [5, 5.41) is 3.36. The number of carbonyl (C=O) groups is 1. The first-order chi connectivity index (χ1) is 6.88. The summed E-state index contributed by atoms with van der Waals surface area (Å²) < 4.78 is 5.23. The van der Waals surface area contributed by atoms with Crippen LogP contribution in [0.5, 0.6) is 0 Å². The maximum absolute atomic E-state index is 11.5. The zero-order valence-electron chi connectivity index (χ0n) is 10.2. The molecule has 1 rings (SSSR count). The maximum Gasteiger partial charge on any atom is 0.410 e. The fraction of sp³-hybridized carbons (Fsp3) is 0.909. The van der Waals surface area contributed by atoms with Crippen molar-refractivity contribution in [3.63, 3.8) is 0 Å². The van der Waals surface area contributed by atoms with Gasteiger partial charge in [-0.2, -0.15) is 0 Å². The first-order valence-electron chi connectivity index (χ1n) is 5.56.